The van der Waals surface area contributed by atoms with Crippen LogP contribution in [0.2, 0.25) is 0 Å². The molecular formula is C23H27N3O3. The van der Waals surface area contributed by atoms with Crippen molar-refractivity contribution in [2.45, 2.75) is 45.8 Å². The Labute approximate surface area is 171 Å². The second-order valence-corrected chi connectivity index (χ2v) is 7.41. The van der Waals surface area contributed by atoms with Crippen molar-refractivity contribution in [1.29, 1.82) is 0 Å². The molecule has 1 fully saturated rings. The molecule has 1 unspecified atom stereocenters. The number of benzene rings is 2. The minimum absolute atomic E-state index is 0.222. The Morgan fingerprint density at radius 1 is 1.10 bits per heavy atom. The molecule has 0 saturated carbocycles. The number of carbonyl (C=O) groups excluding carboxylic acids is 3. The first-order valence-electron chi connectivity index (χ1n) is 9.94. The van der Waals surface area contributed by atoms with Crippen molar-refractivity contribution in [3.8, 4) is 11.1 Å². The number of hydrogen-bond acceptors (Lipinski definition) is 3. The summed E-state index contributed by atoms with van der Waals surface area (Å²) in [6.07, 6.45) is 1.59. The molecule has 1 atom stereocenters. The predicted molar refractivity (Wildman–Crippen MR) is 112 cm³/mol. The maximum atomic E-state index is 12.2. The predicted octanol–water partition coefficient (Wildman–Crippen LogP) is 2.62. The third-order valence-electron chi connectivity index (χ3n) is 5.09. The first kappa shape index (κ1) is 20.6. The van der Waals surface area contributed by atoms with Crippen molar-refractivity contribution in [3.63, 3.8) is 0 Å². The minimum atomic E-state index is -0.577. The van der Waals surface area contributed by atoms with Gasteiger partial charge in [-0.15, -0.1) is 0 Å². The third kappa shape index (κ3) is 5.44. The monoisotopic (exact) mass is 393 g/mol. The van der Waals surface area contributed by atoms with Crippen LogP contribution in [0.3, 0.4) is 0 Å². The highest BCUT2D eigenvalue weighted by Gasteiger charge is 2.20. The summed E-state index contributed by atoms with van der Waals surface area (Å²) in [6, 6.07) is 15.5. The van der Waals surface area contributed by atoms with Crippen LogP contribution >= 0.6 is 0 Å². The van der Waals surface area contributed by atoms with Gasteiger partial charge in [-0.25, -0.2) is 0 Å². The molecular weight excluding hydrogens is 366 g/mol. The molecule has 1 heterocycles. The number of likely N-dealkylation sites (tertiary alicyclic amines) is 1. The van der Waals surface area contributed by atoms with Crippen LogP contribution in [-0.4, -0.2) is 35.2 Å². The summed E-state index contributed by atoms with van der Waals surface area (Å²) in [6.45, 7) is 4.91. The van der Waals surface area contributed by atoms with Gasteiger partial charge in [-0.1, -0.05) is 48.5 Å². The van der Waals surface area contributed by atoms with E-state index in [0.717, 1.165) is 35.2 Å². The van der Waals surface area contributed by atoms with E-state index in [-0.39, 0.29) is 17.7 Å². The normalized spacial score (nSPS) is 14.6. The van der Waals surface area contributed by atoms with Gasteiger partial charge in [-0.05, 0) is 35.6 Å². The Morgan fingerprint density at radius 3 is 2.48 bits per heavy atom. The van der Waals surface area contributed by atoms with Crippen LogP contribution < -0.4 is 10.6 Å². The molecule has 2 aromatic rings. The first-order chi connectivity index (χ1) is 13.9. The second-order valence-electron chi connectivity index (χ2n) is 7.41. The smallest absolute Gasteiger partial charge is 0.242 e. The van der Waals surface area contributed by atoms with E-state index in [1.54, 1.807) is 6.92 Å². The van der Waals surface area contributed by atoms with Crippen molar-refractivity contribution in [1.82, 2.24) is 15.5 Å². The molecule has 0 spiro atoms. The molecule has 2 aromatic carbocycles. The molecule has 3 rings (SSSR count). The molecule has 0 aromatic heterocycles. The molecule has 6 nitrogen and oxygen atoms in total. The Bertz CT molecular complexity index is 892. The van der Waals surface area contributed by atoms with E-state index in [1.165, 1.54) is 6.92 Å². The molecule has 1 saturated heterocycles. The lowest BCUT2D eigenvalue weighted by Gasteiger charge is -2.17. The van der Waals surface area contributed by atoms with E-state index in [9.17, 15) is 14.4 Å². The Morgan fingerprint density at radius 2 is 1.83 bits per heavy atom. The number of rotatable bonds is 7. The van der Waals surface area contributed by atoms with Gasteiger partial charge in [0.25, 0.3) is 0 Å². The van der Waals surface area contributed by atoms with Gasteiger partial charge in [-0.2, -0.15) is 0 Å². The van der Waals surface area contributed by atoms with Gasteiger partial charge in [0.15, 0.2) is 0 Å². The highest BCUT2D eigenvalue weighted by Crippen LogP contribution is 2.25. The molecule has 0 bridgehead atoms. The highest BCUT2D eigenvalue weighted by molar-refractivity contribution is 5.86. The van der Waals surface area contributed by atoms with Crippen LogP contribution in [0.15, 0.2) is 48.5 Å². The van der Waals surface area contributed by atoms with Crippen LogP contribution in [0.1, 0.15) is 37.8 Å². The van der Waals surface area contributed by atoms with E-state index >= 15 is 0 Å². The van der Waals surface area contributed by atoms with Crippen molar-refractivity contribution in [3.05, 3.63) is 59.7 Å². The lowest BCUT2D eigenvalue weighted by atomic mass is 9.98. The van der Waals surface area contributed by atoms with Crippen LogP contribution in [0.25, 0.3) is 11.1 Å². The van der Waals surface area contributed by atoms with E-state index < -0.39 is 6.04 Å². The van der Waals surface area contributed by atoms with Gasteiger partial charge in [0, 0.05) is 33.0 Å². The summed E-state index contributed by atoms with van der Waals surface area (Å²) in [4.78, 5) is 37.0. The van der Waals surface area contributed by atoms with Gasteiger partial charge in [0.05, 0.1) is 0 Å². The highest BCUT2D eigenvalue weighted by atomic mass is 16.2. The number of nitrogens with one attached hydrogen (secondary N) is 2. The number of nitrogens with zero attached hydrogens (tertiary/aromatic N) is 1. The zero-order chi connectivity index (χ0) is 20.8. The first-order valence-corrected chi connectivity index (χ1v) is 9.94. The fourth-order valence-corrected chi connectivity index (χ4v) is 3.54. The molecule has 1 aliphatic rings. The molecule has 3 amide bonds. The van der Waals surface area contributed by atoms with E-state index in [2.05, 4.69) is 34.9 Å². The SMILES string of the molecule is CC(=O)NC(C)C(=O)NCc1ccccc1-c1ccc(CN2CCCC2=O)cc1. The average Bonchev–Trinajstić information content (AvgIpc) is 3.11. The van der Waals surface area contributed by atoms with Crippen molar-refractivity contribution in [2.24, 2.45) is 0 Å². The summed E-state index contributed by atoms with van der Waals surface area (Å²) in [5.41, 5.74) is 4.21. The van der Waals surface area contributed by atoms with Gasteiger partial charge < -0.3 is 15.5 Å². The zero-order valence-corrected chi connectivity index (χ0v) is 16.9. The lowest BCUT2D eigenvalue weighted by molar-refractivity contribution is -0.128. The molecule has 2 N–H and O–H groups in total. The lowest BCUT2D eigenvalue weighted by Crippen LogP contribution is -2.43. The van der Waals surface area contributed by atoms with Crippen molar-refractivity contribution in [2.75, 3.05) is 6.54 Å². The van der Waals surface area contributed by atoms with Crippen LogP contribution in [0.4, 0.5) is 0 Å². The fraction of sp³-hybridized carbons (Fsp3) is 0.348. The molecule has 6 heteroatoms. The van der Waals surface area contributed by atoms with Gasteiger partial charge in [0.2, 0.25) is 17.7 Å². The quantitative estimate of drug-likeness (QED) is 0.759. The maximum Gasteiger partial charge on any atom is 0.242 e. The average molecular weight is 393 g/mol. The molecule has 0 radical (unpaired) electrons. The summed E-state index contributed by atoms with van der Waals surface area (Å²) in [5.74, 6) is -0.229. The van der Waals surface area contributed by atoms with Gasteiger partial charge in [-0.3, -0.25) is 14.4 Å². The van der Waals surface area contributed by atoms with Crippen LogP contribution in [0, 0.1) is 0 Å². The minimum Gasteiger partial charge on any atom is -0.350 e. The van der Waals surface area contributed by atoms with Crippen molar-refractivity contribution >= 4 is 17.7 Å². The summed E-state index contributed by atoms with van der Waals surface area (Å²) in [5, 5.41) is 5.47. The maximum absolute atomic E-state index is 12.2. The molecule has 152 valence electrons. The Balaban J connectivity index is 1.67. The number of carbonyl (C=O) groups is 3. The number of amides is 3. The second kappa shape index (κ2) is 9.37. The topological polar surface area (TPSA) is 78.5 Å². The van der Waals surface area contributed by atoms with Crippen LogP contribution in [0.5, 0.6) is 0 Å². The van der Waals surface area contributed by atoms with Gasteiger partial charge >= 0.3 is 0 Å². The largest absolute Gasteiger partial charge is 0.350 e. The van der Waals surface area contributed by atoms with Gasteiger partial charge in [0.1, 0.15) is 6.04 Å². The van der Waals surface area contributed by atoms with Crippen molar-refractivity contribution < 1.29 is 14.4 Å². The van der Waals surface area contributed by atoms with E-state index in [4.69, 9.17) is 0 Å². The third-order valence-corrected chi connectivity index (χ3v) is 5.09. The molecule has 29 heavy (non-hydrogen) atoms. The van der Waals surface area contributed by atoms with E-state index in [0.29, 0.717) is 19.5 Å². The Hall–Kier alpha value is -3.15. The summed E-state index contributed by atoms with van der Waals surface area (Å²) in [7, 11) is 0. The molecule has 0 aliphatic carbocycles. The number of hydrogen-bond donors (Lipinski definition) is 2. The Kier molecular flexibility index (Phi) is 6.65. The summed E-state index contributed by atoms with van der Waals surface area (Å²) >= 11 is 0. The fourth-order valence-electron chi connectivity index (χ4n) is 3.54. The molecule has 1 aliphatic heterocycles. The summed E-state index contributed by atoms with van der Waals surface area (Å²) < 4.78 is 0. The standard InChI is InChI=1S/C23H27N3O3/c1-16(25-17(2)27)23(29)24-14-20-6-3-4-7-21(20)19-11-9-18(10-12-19)15-26-13-5-8-22(26)28/h3-4,6-7,9-12,16H,5,8,13-15H2,1-2H3,(H,24,29)(H,25,27). The van der Waals surface area contributed by atoms with Crippen LogP contribution in [-0.2, 0) is 27.5 Å². The van der Waals surface area contributed by atoms with E-state index in [1.807, 2.05) is 29.2 Å². The zero-order valence-electron chi connectivity index (χ0n) is 16.9.